The van der Waals surface area contributed by atoms with Crippen LogP contribution >= 0.6 is 0 Å². The molecular weight excluding hydrogens is 518 g/mol. The van der Waals surface area contributed by atoms with Crippen molar-refractivity contribution in [2.75, 3.05) is 51.1 Å². The fourth-order valence-corrected chi connectivity index (χ4v) is 6.09. The largest absolute Gasteiger partial charge is 0.387 e. The van der Waals surface area contributed by atoms with Crippen LogP contribution in [0.4, 0.5) is 17.2 Å². The molecule has 2 aliphatic heterocycles. The Morgan fingerprint density at radius 1 is 1.12 bits per heavy atom. The van der Waals surface area contributed by atoms with Gasteiger partial charge in [-0.2, -0.15) is 0 Å². The number of hydrogen-bond acceptors (Lipinski definition) is 8. The highest BCUT2D eigenvalue weighted by Crippen LogP contribution is 2.38. The Morgan fingerprint density at radius 2 is 1.93 bits per heavy atom. The molecule has 4 aromatic rings. The van der Waals surface area contributed by atoms with Crippen molar-refractivity contribution in [2.24, 2.45) is 7.05 Å². The van der Waals surface area contributed by atoms with Crippen molar-refractivity contribution in [3.63, 3.8) is 0 Å². The summed E-state index contributed by atoms with van der Waals surface area (Å²) in [6, 6.07) is 12.2. The third kappa shape index (κ3) is 5.14. The van der Waals surface area contributed by atoms with E-state index in [0.717, 1.165) is 57.9 Å². The van der Waals surface area contributed by atoms with Crippen molar-refractivity contribution in [3.05, 3.63) is 65.6 Å². The highest BCUT2D eigenvalue weighted by molar-refractivity contribution is 6.07. The van der Waals surface area contributed by atoms with Gasteiger partial charge in [-0.15, -0.1) is 0 Å². The Labute approximate surface area is 240 Å². The van der Waals surface area contributed by atoms with Crippen LogP contribution in [0.15, 0.2) is 48.8 Å². The lowest BCUT2D eigenvalue weighted by atomic mass is 9.92. The Balaban J connectivity index is 1.32. The number of piperidine rings is 1. The molecule has 0 saturated carbocycles. The second-order valence-electron chi connectivity index (χ2n) is 11.4. The summed E-state index contributed by atoms with van der Waals surface area (Å²) >= 11 is 0. The Morgan fingerprint density at radius 3 is 2.68 bits per heavy atom. The quantitative estimate of drug-likeness (QED) is 0.302. The molecule has 0 spiro atoms. The first-order valence-corrected chi connectivity index (χ1v) is 14.0. The molecule has 1 fully saturated rings. The Kier molecular flexibility index (Phi) is 7.14. The number of methoxy groups -OCH3 is 1. The lowest BCUT2D eigenvalue weighted by Gasteiger charge is -2.39. The van der Waals surface area contributed by atoms with Gasteiger partial charge in [0.25, 0.3) is 5.91 Å². The van der Waals surface area contributed by atoms with Gasteiger partial charge in [0.05, 0.1) is 34.8 Å². The van der Waals surface area contributed by atoms with Crippen LogP contribution < -0.4 is 15.5 Å². The minimum Gasteiger partial charge on any atom is -0.387 e. The number of nitrogens with one attached hydrogen (secondary N) is 2. The topological polar surface area (TPSA) is 108 Å². The molecule has 214 valence electrons. The molecule has 41 heavy (non-hydrogen) atoms. The van der Waals surface area contributed by atoms with E-state index in [2.05, 4.69) is 43.6 Å². The van der Waals surface area contributed by atoms with E-state index in [1.807, 2.05) is 56.3 Å². The SMILES string of the molecule is COCC1(O)CCN(c2ccc(Nc3ccc(-c4ccnc5c4ccn5C)c4c3C(=O)NC4)nc2CN(C)C)CC1. The third-order valence-corrected chi connectivity index (χ3v) is 8.15. The van der Waals surface area contributed by atoms with Crippen LogP contribution in [0, 0.1) is 0 Å². The summed E-state index contributed by atoms with van der Waals surface area (Å²) in [5.41, 5.74) is 6.57. The molecule has 3 N–H and O–H groups in total. The fourth-order valence-electron chi connectivity index (χ4n) is 6.09. The van der Waals surface area contributed by atoms with E-state index in [1.165, 1.54) is 0 Å². The zero-order valence-corrected chi connectivity index (χ0v) is 24.1. The van der Waals surface area contributed by atoms with E-state index in [0.29, 0.717) is 43.9 Å². The predicted octanol–water partition coefficient (Wildman–Crippen LogP) is 3.66. The van der Waals surface area contributed by atoms with Crippen molar-refractivity contribution in [3.8, 4) is 11.1 Å². The molecule has 1 amide bonds. The first-order valence-electron chi connectivity index (χ1n) is 14.0. The number of hydrogen-bond donors (Lipinski definition) is 3. The summed E-state index contributed by atoms with van der Waals surface area (Å²) in [6.45, 7) is 2.94. The molecule has 10 nitrogen and oxygen atoms in total. The standard InChI is InChI=1S/C31H37N7O3/c1-36(2)18-25-26(38-15-11-31(40,12-16-38)19-41-4)7-8-27(35-25)34-24-6-5-20(23-17-33-30(39)28(23)24)21-9-13-32-29-22(21)10-14-37(29)3/h5-10,13-14,40H,11-12,15-19H2,1-4H3,(H,33,39)(H,34,35). The van der Waals surface area contributed by atoms with E-state index in [4.69, 9.17) is 9.72 Å². The molecule has 10 heteroatoms. The maximum absolute atomic E-state index is 13.1. The molecule has 0 atom stereocenters. The first kappa shape index (κ1) is 27.2. The van der Waals surface area contributed by atoms with Gasteiger partial charge in [-0.05, 0) is 74.0 Å². The maximum atomic E-state index is 13.1. The van der Waals surface area contributed by atoms with Gasteiger partial charge >= 0.3 is 0 Å². The number of nitrogens with zero attached hydrogens (tertiary/aromatic N) is 5. The van der Waals surface area contributed by atoms with E-state index in [1.54, 1.807) is 7.11 Å². The molecule has 3 aromatic heterocycles. The van der Waals surface area contributed by atoms with E-state index in [-0.39, 0.29) is 5.91 Å². The van der Waals surface area contributed by atoms with Crippen LogP contribution in [0.5, 0.6) is 0 Å². The van der Waals surface area contributed by atoms with Crippen LogP contribution in [0.1, 0.15) is 34.5 Å². The Bertz CT molecular complexity index is 1610. The predicted molar refractivity (Wildman–Crippen MR) is 161 cm³/mol. The molecule has 0 radical (unpaired) electrons. The monoisotopic (exact) mass is 555 g/mol. The molecule has 2 aliphatic rings. The molecule has 1 saturated heterocycles. The third-order valence-electron chi connectivity index (χ3n) is 8.15. The molecule has 0 unspecified atom stereocenters. The zero-order chi connectivity index (χ0) is 28.7. The zero-order valence-electron chi connectivity index (χ0n) is 24.1. The van der Waals surface area contributed by atoms with Gasteiger partial charge in [0, 0.05) is 58.1 Å². The van der Waals surface area contributed by atoms with Crippen LogP contribution in [0.3, 0.4) is 0 Å². The van der Waals surface area contributed by atoms with Gasteiger partial charge in [-0.25, -0.2) is 9.97 Å². The van der Waals surface area contributed by atoms with Crippen LogP contribution in [-0.2, 0) is 24.9 Å². The highest BCUT2D eigenvalue weighted by Gasteiger charge is 2.33. The first-order chi connectivity index (χ1) is 19.8. The minimum absolute atomic E-state index is 0.0929. The van der Waals surface area contributed by atoms with Crippen LogP contribution in [0.2, 0.25) is 0 Å². The minimum atomic E-state index is -0.780. The second-order valence-corrected chi connectivity index (χ2v) is 11.4. The number of benzene rings is 1. The summed E-state index contributed by atoms with van der Waals surface area (Å²) in [5, 5.41) is 18.3. The van der Waals surface area contributed by atoms with Crippen molar-refractivity contribution in [1.82, 2.24) is 24.8 Å². The fraction of sp³-hybridized carbons (Fsp3) is 0.387. The van der Waals surface area contributed by atoms with E-state index in [9.17, 15) is 9.90 Å². The van der Waals surface area contributed by atoms with Gasteiger partial charge < -0.3 is 34.8 Å². The average Bonchev–Trinajstić information content (AvgIpc) is 3.53. The number of aliphatic hydroxyl groups is 1. The van der Waals surface area contributed by atoms with E-state index >= 15 is 0 Å². The number of amides is 1. The number of aromatic nitrogens is 3. The Hall–Kier alpha value is -3.99. The molecule has 5 heterocycles. The second kappa shape index (κ2) is 10.8. The average molecular weight is 556 g/mol. The van der Waals surface area contributed by atoms with Crippen molar-refractivity contribution in [2.45, 2.75) is 31.5 Å². The number of carbonyl (C=O) groups excluding carboxylic acids is 1. The van der Waals surface area contributed by atoms with Gasteiger partial charge in [-0.3, -0.25) is 4.79 Å². The van der Waals surface area contributed by atoms with Crippen LogP contribution in [-0.4, -0.2) is 77.0 Å². The lowest BCUT2D eigenvalue weighted by Crippen LogP contribution is -2.47. The number of ether oxygens (including phenoxy) is 1. The van der Waals surface area contributed by atoms with Gasteiger partial charge in [-0.1, -0.05) is 6.07 Å². The summed E-state index contributed by atoms with van der Waals surface area (Å²) in [5.74, 6) is 0.590. The molecule has 1 aromatic carbocycles. The molecular formula is C31H37N7O3. The summed E-state index contributed by atoms with van der Waals surface area (Å²) in [4.78, 5) is 27.0. The number of pyridine rings is 2. The number of carbonyl (C=O) groups is 1. The molecule has 0 aliphatic carbocycles. The van der Waals surface area contributed by atoms with Crippen molar-refractivity contribution < 1.29 is 14.6 Å². The van der Waals surface area contributed by atoms with Gasteiger partial charge in [0.15, 0.2) is 0 Å². The number of anilines is 3. The van der Waals surface area contributed by atoms with Gasteiger partial charge in [0.1, 0.15) is 11.5 Å². The summed E-state index contributed by atoms with van der Waals surface area (Å²) < 4.78 is 7.24. The smallest absolute Gasteiger partial charge is 0.254 e. The van der Waals surface area contributed by atoms with Gasteiger partial charge in [0.2, 0.25) is 0 Å². The number of fused-ring (bicyclic) bond motifs is 2. The van der Waals surface area contributed by atoms with Crippen molar-refractivity contribution >= 4 is 34.1 Å². The molecule has 6 rings (SSSR count). The van der Waals surface area contributed by atoms with E-state index < -0.39 is 5.60 Å². The number of aryl methyl sites for hydroxylation is 1. The normalized spacial score (nSPS) is 16.3. The highest BCUT2D eigenvalue weighted by atomic mass is 16.5. The molecule has 0 bridgehead atoms. The van der Waals surface area contributed by atoms with Crippen LogP contribution in [0.25, 0.3) is 22.2 Å². The summed E-state index contributed by atoms with van der Waals surface area (Å²) in [6.07, 6.45) is 5.11. The maximum Gasteiger partial charge on any atom is 0.254 e. The number of rotatable bonds is 8. The lowest BCUT2D eigenvalue weighted by molar-refractivity contribution is -0.0472. The van der Waals surface area contributed by atoms with Crippen molar-refractivity contribution in [1.29, 1.82) is 0 Å². The summed E-state index contributed by atoms with van der Waals surface area (Å²) in [7, 11) is 7.66.